The first-order valence-corrected chi connectivity index (χ1v) is 7.48. The third kappa shape index (κ3) is 2.72. The Hall–Kier alpha value is -2.63. The van der Waals surface area contributed by atoms with E-state index in [0.29, 0.717) is 12.2 Å². The molecular weight excluding hydrogens is 297 g/mol. The number of aromatic nitrogens is 2. The van der Waals surface area contributed by atoms with Crippen LogP contribution in [0.1, 0.15) is 24.3 Å². The fourth-order valence-electron chi connectivity index (χ4n) is 2.53. The molecule has 0 bridgehead atoms. The molecule has 0 amide bonds. The molecule has 1 aliphatic rings. The van der Waals surface area contributed by atoms with Gasteiger partial charge in [0.05, 0.1) is 18.3 Å². The van der Waals surface area contributed by atoms with Gasteiger partial charge >= 0.3 is 5.97 Å². The summed E-state index contributed by atoms with van der Waals surface area (Å²) >= 11 is 0. The van der Waals surface area contributed by atoms with Crippen molar-refractivity contribution in [2.24, 2.45) is 0 Å². The van der Waals surface area contributed by atoms with E-state index in [0.717, 1.165) is 11.4 Å². The van der Waals surface area contributed by atoms with Gasteiger partial charge in [-0.3, -0.25) is 0 Å². The van der Waals surface area contributed by atoms with E-state index in [1.165, 1.54) is 12.1 Å². The van der Waals surface area contributed by atoms with Crippen LogP contribution in [-0.2, 0) is 4.74 Å². The molecule has 2 heterocycles. The van der Waals surface area contributed by atoms with E-state index in [1.54, 1.807) is 29.8 Å². The number of ether oxygens (including phenoxy) is 1. The Morgan fingerprint density at radius 2 is 2.13 bits per heavy atom. The zero-order valence-corrected chi connectivity index (χ0v) is 13.1. The first-order chi connectivity index (χ1) is 11.0. The number of hydrogen-bond donors (Lipinski definition) is 0. The Balaban J connectivity index is 2.03. The van der Waals surface area contributed by atoms with Crippen LogP contribution in [0, 0.1) is 5.82 Å². The van der Waals surface area contributed by atoms with Crippen LogP contribution in [0.3, 0.4) is 0 Å². The van der Waals surface area contributed by atoms with Crippen molar-refractivity contribution in [1.82, 2.24) is 9.78 Å². The summed E-state index contributed by atoms with van der Waals surface area (Å²) < 4.78 is 19.8. The number of hydrogen-bond acceptors (Lipinski definition) is 4. The number of carbonyl (C=O) groups excluding carboxylic acids is 1. The van der Waals surface area contributed by atoms with Crippen LogP contribution in [0.25, 0.3) is 5.69 Å². The molecule has 0 N–H and O–H groups in total. The van der Waals surface area contributed by atoms with Gasteiger partial charge in [-0.1, -0.05) is 6.58 Å². The van der Waals surface area contributed by atoms with E-state index in [-0.39, 0.29) is 24.2 Å². The molecule has 0 saturated carbocycles. The number of carbonyl (C=O) groups is 1. The summed E-state index contributed by atoms with van der Waals surface area (Å²) in [5, 5.41) is 4.34. The number of benzene rings is 1. The van der Waals surface area contributed by atoms with Gasteiger partial charge in [-0.05, 0) is 43.7 Å². The van der Waals surface area contributed by atoms with Crippen LogP contribution in [0.4, 0.5) is 10.2 Å². The monoisotopic (exact) mass is 315 g/mol. The van der Waals surface area contributed by atoms with E-state index in [1.807, 2.05) is 6.92 Å². The summed E-state index contributed by atoms with van der Waals surface area (Å²) in [7, 11) is 0. The summed E-state index contributed by atoms with van der Waals surface area (Å²) in [5.74, 6) is -0.0278. The summed E-state index contributed by atoms with van der Waals surface area (Å²) in [6.07, 6.45) is 0. The van der Waals surface area contributed by atoms with Crippen molar-refractivity contribution in [3.63, 3.8) is 0 Å². The van der Waals surface area contributed by atoms with E-state index >= 15 is 0 Å². The Kier molecular flexibility index (Phi) is 3.90. The summed E-state index contributed by atoms with van der Waals surface area (Å²) in [5.41, 5.74) is 2.03. The standard InChI is InChI=1S/C17H18FN3O2/c1-4-23-17(22)15-9-16(20-10-11(2)12(20)3)21(19-15)14-7-5-13(18)6-8-14/h5-9,12H,2,4,10H2,1,3H3/t12-/m1/s1. The van der Waals surface area contributed by atoms with E-state index in [9.17, 15) is 9.18 Å². The lowest BCUT2D eigenvalue weighted by Crippen LogP contribution is -2.48. The highest BCUT2D eigenvalue weighted by Gasteiger charge is 2.32. The van der Waals surface area contributed by atoms with Crippen LogP contribution < -0.4 is 4.90 Å². The van der Waals surface area contributed by atoms with Crippen molar-refractivity contribution in [1.29, 1.82) is 0 Å². The highest BCUT2D eigenvalue weighted by atomic mass is 19.1. The molecule has 23 heavy (non-hydrogen) atoms. The number of anilines is 1. The third-order valence-corrected chi connectivity index (χ3v) is 3.97. The molecule has 6 heteroatoms. The van der Waals surface area contributed by atoms with Crippen molar-refractivity contribution < 1.29 is 13.9 Å². The molecule has 1 aromatic carbocycles. The third-order valence-electron chi connectivity index (χ3n) is 3.97. The molecule has 1 aromatic heterocycles. The molecule has 1 atom stereocenters. The molecule has 1 aliphatic heterocycles. The second-order valence-electron chi connectivity index (χ2n) is 5.46. The highest BCUT2D eigenvalue weighted by Crippen LogP contribution is 2.32. The van der Waals surface area contributed by atoms with Crippen molar-refractivity contribution in [2.45, 2.75) is 19.9 Å². The summed E-state index contributed by atoms with van der Waals surface area (Å²) in [6.45, 7) is 8.77. The minimum absolute atomic E-state index is 0.168. The normalized spacial score (nSPS) is 17.1. The molecule has 0 unspecified atom stereocenters. The molecule has 120 valence electrons. The first kappa shape index (κ1) is 15.3. The second-order valence-corrected chi connectivity index (χ2v) is 5.46. The van der Waals surface area contributed by atoms with Crippen LogP contribution in [0.5, 0.6) is 0 Å². The van der Waals surface area contributed by atoms with Gasteiger partial charge in [0.1, 0.15) is 11.6 Å². The predicted octanol–water partition coefficient (Wildman–Crippen LogP) is 2.95. The van der Waals surface area contributed by atoms with Gasteiger partial charge in [0.2, 0.25) is 0 Å². The number of esters is 1. The molecule has 3 rings (SSSR count). The van der Waals surface area contributed by atoms with Crippen LogP contribution >= 0.6 is 0 Å². The molecule has 1 saturated heterocycles. The minimum Gasteiger partial charge on any atom is -0.461 e. The molecular formula is C17H18FN3O2. The second kappa shape index (κ2) is 5.87. The van der Waals surface area contributed by atoms with E-state index in [2.05, 4.69) is 16.6 Å². The van der Waals surface area contributed by atoms with Crippen molar-refractivity contribution in [2.75, 3.05) is 18.1 Å². The molecule has 0 radical (unpaired) electrons. The fourth-order valence-corrected chi connectivity index (χ4v) is 2.53. The first-order valence-electron chi connectivity index (χ1n) is 7.48. The van der Waals surface area contributed by atoms with Crippen LogP contribution in [0.15, 0.2) is 42.5 Å². The Labute approximate surface area is 134 Å². The lowest BCUT2D eigenvalue weighted by Gasteiger charge is -2.42. The molecule has 5 nitrogen and oxygen atoms in total. The average Bonchev–Trinajstić information content (AvgIpc) is 2.97. The lowest BCUT2D eigenvalue weighted by molar-refractivity contribution is 0.0519. The number of rotatable bonds is 4. The van der Waals surface area contributed by atoms with Crippen molar-refractivity contribution in [3.8, 4) is 5.69 Å². The molecule has 2 aromatic rings. The largest absolute Gasteiger partial charge is 0.461 e. The Bertz CT molecular complexity index is 752. The van der Waals surface area contributed by atoms with Gasteiger partial charge in [-0.25, -0.2) is 13.9 Å². The average molecular weight is 315 g/mol. The summed E-state index contributed by atoms with van der Waals surface area (Å²) in [4.78, 5) is 14.1. The van der Waals surface area contributed by atoms with E-state index < -0.39 is 5.97 Å². The maximum Gasteiger partial charge on any atom is 0.358 e. The lowest BCUT2D eigenvalue weighted by atomic mass is 9.99. The Morgan fingerprint density at radius 3 is 2.70 bits per heavy atom. The van der Waals surface area contributed by atoms with Gasteiger partial charge in [0, 0.05) is 12.6 Å². The highest BCUT2D eigenvalue weighted by molar-refractivity contribution is 5.88. The fraction of sp³-hybridized carbons (Fsp3) is 0.294. The summed E-state index contributed by atoms with van der Waals surface area (Å²) in [6, 6.07) is 7.85. The van der Waals surface area contributed by atoms with Gasteiger partial charge in [0.15, 0.2) is 5.69 Å². The van der Waals surface area contributed by atoms with Crippen LogP contribution in [-0.4, -0.2) is 34.9 Å². The van der Waals surface area contributed by atoms with E-state index in [4.69, 9.17) is 4.74 Å². The zero-order valence-electron chi connectivity index (χ0n) is 13.1. The van der Waals surface area contributed by atoms with Crippen molar-refractivity contribution >= 4 is 11.8 Å². The maximum absolute atomic E-state index is 13.2. The predicted molar refractivity (Wildman–Crippen MR) is 85.4 cm³/mol. The topological polar surface area (TPSA) is 47.4 Å². The number of nitrogens with zero attached hydrogens (tertiary/aromatic N) is 3. The molecule has 0 aliphatic carbocycles. The quantitative estimate of drug-likeness (QED) is 0.643. The molecule has 1 fully saturated rings. The van der Waals surface area contributed by atoms with Gasteiger partial charge in [-0.15, -0.1) is 0 Å². The maximum atomic E-state index is 13.2. The van der Waals surface area contributed by atoms with Crippen molar-refractivity contribution in [3.05, 3.63) is 54.0 Å². The SMILES string of the molecule is C=C1CN(c2cc(C(=O)OCC)nn2-c2ccc(F)cc2)[C@@H]1C. The smallest absolute Gasteiger partial charge is 0.358 e. The molecule has 0 spiro atoms. The van der Waals surface area contributed by atoms with Crippen LogP contribution in [0.2, 0.25) is 0 Å². The zero-order chi connectivity index (χ0) is 16.6. The van der Waals surface area contributed by atoms with Gasteiger partial charge in [-0.2, -0.15) is 5.10 Å². The van der Waals surface area contributed by atoms with Gasteiger partial charge < -0.3 is 9.64 Å². The number of halogens is 1. The Morgan fingerprint density at radius 1 is 1.43 bits per heavy atom. The minimum atomic E-state index is -0.471. The van der Waals surface area contributed by atoms with Gasteiger partial charge in [0.25, 0.3) is 0 Å².